The monoisotopic (exact) mass is 346 g/mol. The van der Waals surface area contributed by atoms with E-state index in [2.05, 4.69) is 0 Å². The molecule has 0 aromatic heterocycles. The Morgan fingerprint density at radius 2 is 1.83 bits per heavy atom. The lowest BCUT2D eigenvalue weighted by atomic mass is 9.85. The van der Waals surface area contributed by atoms with Gasteiger partial charge >= 0.3 is 0 Å². The average molecular weight is 347 g/mol. The molecule has 1 heterocycles. The van der Waals surface area contributed by atoms with Gasteiger partial charge in [0.25, 0.3) is 5.91 Å². The van der Waals surface area contributed by atoms with Gasteiger partial charge in [-0.15, -0.1) is 0 Å². The Bertz CT molecular complexity index is 874. The molecule has 2 N–H and O–H groups in total. The summed E-state index contributed by atoms with van der Waals surface area (Å²) in [6.07, 6.45) is 0. The molecule has 0 saturated carbocycles. The summed E-state index contributed by atoms with van der Waals surface area (Å²) >= 11 is 5.99. The van der Waals surface area contributed by atoms with E-state index in [1.807, 2.05) is 26.8 Å². The first-order valence-electron chi connectivity index (χ1n) is 8.22. The van der Waals surface area contributed by atoms with Crippen LogP contribution >= 0.6 is 11.6 Å². The van der Waals surface area contributed by atoms with Gasteiger partial charge in [0, 0.05) is 29.7 Å². The molecule has 0 bridgehead atoms. The van der Waals surface area contributed by atoms with Crippen molar-refractivity contribution in [3.8, 4) is 11.5 Å². The minimum atomic E-state index is -0.372. The summed E-state index contributed by atoms with van der Waals surface area (Å²) in [6, 6.07) is 6.47. The third-order valence-electron chi connectivity index (χ3n) is 4.24. The van der Waals surface area contributed by atoms with Gasteiger partial charge in [-0.3, -0.25) is 4.79 Å². The van der Waals surface area contributed by atoms with Crippen LogP contribution in [0.1, 0.15) is 49.2 Å². The molecule has 0 spiro atoms. The minimum Gasteiger partial charge on any atom is -0.508 e. The van der Waals surface area contributed by atoms with Crippen LogP contribution in [0.25, 0.3) is 0 Å². The van der Waals surface area contributed by atoms with E-state index in [1.54, 1.807) is 17.0 Å². The maximum Gasteiger partial charge on any atom is 0.258 e. The van der Waals surface area contributed by atoms with Gasteiger partial charge < -0.3 is 15.1 Å². The van der Waals surface area contributed by atoms with Crippen LogP contribution in [0.4, 0.5) is 0 Å². The predicted molar refractivity (Wildman–Crippen MR) is 93.5 cm³/mol. The van der Waals surface area contributed by atoms with E-state index < -0.39 is 0 Å². The first-order valence-corrected chi connectivity index (χ1v) is 8.10. The van der Waals surface area contributed by atoms with Crippen molar-refractivity contribution in [2.75, 3.05) is 0 Å². The Morgan fingerprint density at radius 3 is 2.50 bits per heavy atom. The van der Waals surface area contributed by atoms with Gasteiger partial charge in [-0.1, -0.05) is 38.4 Å². The van der Waals surface area contributed by atoms with Crippen molar-refractivity contribution in [2.45, 2.75) is 39.3 Å². The molecular weight excluding hydrogens is 326 g/mol. The summed E-state index contributed by atoms with van der Waals surface area (Å²) < 4.78 is 8.05. The summed E-state index contributed by atoms with van der Waals surface area (Å²) in [7, 11) is 0. The van der Waals surface area contributed by atoms with Crippen molar-refractivity contribution in [3.63, 3.8) is 0 Å². The molecule has 0 fully saturated rings. The molecule has 0 saturated heterocycles. The van der Waals surface area contributed by atoms with Gasteiger partial charge in [-0.05, 0) is 34.7 Å². The molecule has 0 radical (unpaired) electrons. The highest BCUT2D eigenvalue weighted by molar-refractivity contribution is 6.30. The third-order valence-corrected chi connectivity index (χ3v) is 4.46. The van der Waals surface area contributed by atoms with E-state index in [1.165, 1.54) is 6.07 Å². The zero-order valence-corrected chi connectivity index (χ0v) is 14.6. The number of nitrogens with zero attached hydrogens (tertiary/aromatic N) is 1. The summed E-state index contributed by atoms with van der Waals surface area (Å²) in [5, 5.41) is 20.6. The molecule has 0 unspecified atom stereocenters. The number of phenols is 2. The van der Waals surface area contributed by atoms with E-state index in [9.17, 15) is 15.0 Å². The number of amides is 1. The first-order chi connectivity index (χ1) is 11.6. The van der Waals surface area contributed by atoms with E-state index in [-0.39, 0.29) is 41.0 Å². The number of benzene rings is 2. The molecular formula is C19H20ClNO3. The standard InChI is InChI=1S/C19H20ClNO3/c1-19(2,3)15-7-14(16(22)8-17(15)23)18(24)21-9-11-4-5-13(20)6-12(11)10-21/h4-8,22-23H,9-10H2,1-3H3/i6D. The van der Waals surface area contributed by atoms with Gasteiger partial charge in [-0.25, -0.2) is 0 Å². The minimum absolute atomic E-state index is 0.0357. The van der Waals surface area contributed by atoms with Crippen molar-refractivity contribution < 1.29 is 16.4 Å². The predicted octanol–water partition coefficient (Wildman–Crippen LogP) is 4.20. The van der Waals surface area contributed by atoms with Crippen LogP contribution in [0.15, 0.2) is 30.3 Å². The normalized spacial score (nSPS) is 14.5. The molecule has 0 aliphatic carbocycles. The first kappa shape index (κ1) is 15.3. The second-order valence-electron chi connectivity index (χ2n) is 7.11. The third kappa shape index (κ3) is 2.94. The number of phenolic OH excluding ortho intramolecular Hbond substituents is 2. The second-order valence-corrected chi connectivity index (χ2v) is 7.51. The van der Waals surface area contributed by atoms with E-state index in [0.29, 0.717) is 17.1 Å². The van der Waals surface area contributed by atoms with Crippen molar-refractivity contribution in [2.24, 2.45) is 0 Å². The smallest absolute Gasteiger partial charge is 0.258 e. The van der Waals surface area contributed by atoms with E-state index in [0.717, 1.165) is 11.1 Å². The van der Waals surface area contributed by atoms with Crippen molar-refractivity contribution >= 4 is 17.5 Å². The van der Waals surface area contributed by atoms with Gasteiger partial charge in [-0.2, -0.15) is 0 Å². The fourth-order valence-corrected chi connectivity index (χ4v) is 3.12. The molecule has 0 atom stereocenters. The molecule has 2 aromatic rings. The van der Waals surface area contributed by atoms with Crippen molar-refractivity contribution in [3.05, 3.63) is 57.6 Å². The van der Waals surface area contributed by atoms with Gasteiger partial charge in [0.15, 0.2) is 0 Å². The molecule has 1 aliphatic heterocycles. The lowest BCUT2D eigenvalue weighted by molar-refractivity contribution is 0.0748. The summed E-state index contributed by atoms with van der Waals surface area (Å²) in [5.74, 6) is -0.628. The molecule has 1 aliphatic rings. The SMILES string of the molecule is [2H]c1c(Cl)ccc2c1CN(C(=O)c1cc(C(C)(C)C)c(O)cc1O)C2. The van der Waals surface area contributed by atoms with Crippen LogP contribution in [0.2, 0.25) is 5.02 Å². The Labute approximate surface area is 147 Å². The summed E-state index contributed by atoms with van der Waals surface area (Å²) in [6.45, 7) is 6.41. The lowest BCUT2D eigenvalue weighted by Crippen LogP contribution is -2.26. The van der Waals surface area contributed by atoms with E-state index >= 15 is 0 Å². The van der Waals surface area contributed by atoms with E-state index in [4.69, 9.17) is 13.0 Å². The van der Waals surface area contributed by atoms with Crippen LogP contribution in [-0.2, 0) is 18.5 Å². The Kier molecular flexibility index (Phi) is 3.65. The summed E-state index contributed by atoms with van der Waals surface area (Å²) in [4.78, 5) is 14.5. The largest absolute Gasteiger partial charge is 0.508 e. The zero-order valence-electron chi connectivity index (χ0n) is 14.9. The lowest BCUT2D eigenvalue weighted by Gasteiger charge is -2.23. The Balaban J connectivity index is 1.97. The van der Waals surface area contributed by atoms with Crippen LogP contribution in [0.5, 0.6) is 11.5 Å². The van der Waals surface area contributed by atoms with Gasteiger partial charge in [0.1, 0.15) is 11.5 Å². The number of carbonyl (C=O) groups is 1. The molecule has 3 rings (SSSR count). The number of carbonyl (C=O) groups excluding carboxylic acids is 1. The number of rotatable bonds is 1. The highest BCUT2D eigenvalue weighted by atomic mass is 35.5. The highest BCUT2D eigenvalue weighted by Gasteiger charge is 2.28. The van der Waals surface area contributed by atoms with Crippen LogP contribution in [0.3, 0.4) is 0 Å². The quantitative estimate of drug-likeness (QED) is 0.813. The molecule has 24 heavy (non-hydrogen) atoms. The van der Waals surface area contributed by atoms with Crippen LogP contribution < -0.4 is 0 Å². The van der Waals surface area contributed by atoms with Gasteiger partial charge in [0.2, 0.25) is 0 Å². The molecule has 2 aromatic carbocycles. The van der Waals surface area contributed by atoms with Crippen LogP contribution in [-0.4, -0.2) is 21.0 Å². The number of fused-ring (bicyclic) bond motifs is 1. The zero-order chi connectivity index (χ0) is 18.5. The topological polar surface area (TPSA) is 60.8 Å². The fraction of sp³-hybridized carbons (Fsp3) is 0.316. The number of hydrogen-bond donors (Lipinski definition) is 2. The van der Waals surface area contributed by atoms with Crippen LogP contribution in [0, 0.1) is 0 Å². The Morgan fingerprint density at radius 1 is 1.17 bits per heavy atom. The number of halogens is 1. The average Bonchev–Trinajstić information content (AvgIpc) is 2.94. The fourth-order valence-electron chi connectivity index (χ4n) is 2.95. The number of hydrogen-bond acceptors (Lipinski definition) is 3. The molecule has 126 valence electrons. The molecule has 5 heteroatoms. The van der Waals surface area contributed by atoms with Gasteiger partial charge in [0.05, 0.1) is 6.93 Å². The van der Waals surface area contributed by atoms with Crippen molar-refractivity contribution in [1.82, 2.24) is 4.90 Å². The Hall–Kier alpha value is -2.20. The summed E-state index contributed by atoms with van der Waals surface area (Å²) in [5.41, 5.74) is 1.98. The maximum atomic E-state index is 12.9. The molecule has 4 nitrogen and oxygen atoms in total. The van der Waals surface area contributed by atoms with Crippen molar-refractivity contribution in [1.29, 1.82) is 0 Å². The second kappa shape index (κ2) is 5.71. The highest BCUT2D eigenvalue weighted by Crippen LogP contribution is 2.37. The number of aromatic hydroxyl groups is 2. The maximum absolute atomic E-state index is 12.9. The molecule has 1 amide bonds.